The van der Waals surface area contributed by atoms with Gasteiger partial charge in [-0.2, -0.15) is 0 Å². The van der Waals surface area contributed by atoms with Gasteiger partial charge in [-0.1, -0.05) is 88.4 Å². The maximum absolute atomic E-state index is 12.2. The van der Waals surface area contributed by atoms with E-state index in [0.717, 1.165) is 23.3 Å². The molecule has 2 aromatic rings. The van der Waals surface area contributed by atoms with E-state index in [9.17, 15) is 19.2 Å². The summed E-state index contributed by atoms with van der Waals surface area (Å²) in [7, 11) is 0. The fourth-order valence-electron chi connectivity index (χ4n) is 3.05. The zero-order valence-electron chi connectivity index (χ0n) is 21.1. The molecular formula is C28H34N2O6. The lowest BCUT2D eigenvalue weighted by Gasteiger charge is -2.20. The van der Waals surface area contributed by atoms with Gasteiger partial charge in [0.15, 0.2) is 0 Å². The van der Waals surface area contributed by atoms with Crippen LogP contribution in [0.5, 0.6) is 0 Å². The van der Waals surface area contributed by atoms with Crippen molar-refractivity contribution in [2.45, 2.75) is 39.8 Å². The Kier molecular flexibility index (Phi) is 11.4. The van der Waals surface area contributed by atoms with Crippen LogP contribution < -0.4 is 10.6 Å². The van der Waals surface area contributed by atoms with Crippen molar-refractivity contribution in [2.24, 2.45) is 11.8 Å². The largest absolute Gasteiger partial charge is 0.460 e. The van der Waals surface area contributed by atoms with Gasteiger partial charge in [-0.15, -0.1) is 0 Å². The van der Waals surface area contributed by atoms with Crippen LogP contribution in [0.4, 0.5) is 0 Å². The van der Waals surface area contributed by atoms with E-state index < -0.39 is 24.0 Å². The van der Waals surface area contributed by atoms with Crippen molar-refractivity contribution in [3.05, 3.63) is 83.9 Å². The van der Waals surface area contributed by atoms with E-state index in [0.29, 0.717) is 0 Å². The van der Waals surface area contributed by atoms with Crippen molar-refractivity contribution < 1.29 is 28.7 Å². The highest BCUT2D eigenvalue weighted by molar-refractivity contribution is 5.91. The summed E-state index contributed by atoms with van der Waals surface area (Å²) < 4.78 is 10.5. The SMILES string of the molecule is CC(C)C(=O)N[C@@H](COC(=O)/C=C/C(=O)OC[C@H](NC(=O)C(C)C)c1ccccc1)c1ccccc1. The van der Waals surface area contributed by atoms with E-state index >= 15 is 0 Å². The van der Waals surface area contributed by atoms with Crippen molar-refractivity contribution in [3.8, 4) is 0 Å². The molecule has 2 rings (SSSR count). The Morgan fingerprint density at radius 2 is 0.972 bits per heavy atom. The number of hydrogen-bond acceptors (Lipinski definition) is 6. The van der Waals surface area contributed by atoms with Crippen LogP contribution in [-0.4, -0.2) is 37.0 Å². The zero-order valence-corrected chi connectivity index (χ0v) is 21.1. The number of benzene rings is 2. The maximum atomic E-state index is 12.2. The number of ether oxygens (including phenoxy) is 2. The highest BCUT2D eigenvalue weighted by Gasteiger charge is 2.19. The first kappa shape index (κ1) is 28.3. The van der Waals surface area contributed by atoms with Crippen LogP contribution in [0.3, 0.4) is 0 Å². The van der Waals surface area contributed by atoms with Crippen LogP contribution in [0.1, 0.15) is 50.9 Å². The van der Waals surface area contributed by atoms with Crippen LogP contribution in [-0.2, 0) is 28.7 Å². The molecule has 0 radical (unpaired) electrons. The Labute approximate surface area is 212 Å². The summed E-state index contributed by atoms with van der Waals surface area (Å²) in [6.45, 7) is 6.89. The summed E-state index contributed by atoms with van der Waals surface area (Å²) in [6, 6.07) is 17.3. The summed E-state index contributed by atoms with van der Waals surface area (Å²) in [5, 5.41) is 5.72. The van der Waals surface area contributed by atoms with Gasteiger partial charge in [0, 0.05) is 24.0 Å². The Bertz CT molecular complexity index is 951. The van der Waals surface area contributed by atoms with Crippen LogP contribution >= 0.6 is 0 Å². The van der Waals surface area contributed by atoms with Gasteiger partial charge in [0.25, 0.3) is 0 Å². The lowest BCUT2D eigenvalue weighted by Crippen LogP contribution is -2.35. The second-order valence-electron chi connectivity index (χ2n) is 8.85. The van der Waals surface area contributed by atoms with Gasteiger partial charge in [0.2, 0.25) is 11.8 Å². The van der Waals surface area contributed by atoms with Gasteiger partial charge in [-0.25, -0.2) is 9.59 Å². The number of amides is 2. The quantitative estimate of drug-likeness (QED) is 0.344. The monoisotopic (exact) mass is 494 g/mol. The Balaban J connectivity index is 1.92. The first-order chi connectivity index (χ1) is 17.2. The lowest BCUT2D eigenvalue weighted by atomic mass is 10.1. The summed E-state index contributed by atoms with van der Waals surface area (Å²) in [6.07, 6.45) is 1.94. The average molecular weight is 495 g/mol. The zero-order chi connectivity index (χ0) is 26.5. The predicted molar refractivity (Wildman–Crippen MR) is 135 cm³/mol. The van der Waals surface area contributed by atoms with Crippen molar-refractivity contribution in [2.75, 3.05) is 13.2 Å². The maximum Gasteiger partial charge on any atom is 0.331 e. The van der Waals surface area contributed by atoms with E-state index in [2.05, 4.69) is 10.6 Å². The molecule has 2 N–H and O–H groups in total. The second kappa shape index (κ2) is 14.5. The molecule has 2 amide bonds. The van der Waals surface area contributed by atoms with Gasteiger partial charge < -0.3 is 20.1 Å². The molecule has 0 bridgehead atoms. The van der Waals surface area contributed by atoms with Crippen LogP contribution in [0, 0.1) is 11.8 Å². The van der Waals surface area contributed by atoms with E-state index in [1.807, 2.05) is 60.7 Å². The Morgan fingerprint density at radius 1 is 0.639 bits per heavy atom. The number of nitrogens with one attached hydrogen (secondary N) is 2. The molecule has 0 saturated carbocycles. The summed E-state index contributed by atoms with van der Waals surface area (Å²) in [4.78, 5) is 48.7. The molecule has 0 aliphatic heterocycles. The minimum atomic E-state index is -0.751. The number of esters is 2. The minimum absolute atomic E-state index is 0.0992. The van der Waals surface area contributed by atoms with E-state index in [1.165, 1.54) is 0 Å². The molecule has 0 unspecified atom stereocenters. The topological polar surface area (TPSA) is 111 Å². The standard InChI is InChI=1S/C28H34N2O6/c1-19(2)27(33)29-23(21-11-7-5-8-12-21)17-35-25(31)15-16-26(32)36-18-24(30-28(34)20(3)4)22-13-9-6-10-14-22/h5-16,19-20,23-24H,17-18H2,1-4H3,(H,29,33)(H,30,34)/b16-15+/t23-,24-/m0/s1. The number of hydrogen-bond donors (Lipinski definition) is 2. The lowest BCUT2D eigenvalue weighted by molar-refractivity contribution is -0.142. The minimum Gasteiger partial charge on any atom is -0.460 e. The molecule has 0 aromatic heterocycles. The third-order valence-electron chi connectivity index (χ3n) is 5.23. The molecule has 8 heteroatoms. The van der Waals surface area contributed by atoms with Gasteiger partial charge in [0.1, 0.15) is 13.2 Å². The normalized spacial score (nSPS) is 12.7. The molecule has 0 saturated heterocycles. The van der Waals surface area contributed by atoms with E-state index in [-0.39, 0.29) is 36.9 Å². The highest BCUT2D eigenvalue weighted by Crippen LogP contribution is 2.15. The van der Waals surface area contributed by atoms with Crippen LogP contribution in [0.15, 0.2) is 72.8 Å². The van der Waals surface area contributed by atoms with Crippen LogP contribution in [0.25, 0.3) is 0 Å². The molecule has 0 fully saturated rings. The fourth-order valence-corrected chi connectivity index (χ4v) is 3.05. The molecule has 0 heterocycles. The molecule has 0 aliphatic rings. The summed E-state index contributed by atoms with van der Waals surface area (Å²) in [5.74, 6) is -2.30. The third kappa shape index (κ3) is 9.74. The number of carbonyl (C=O) groups excluding carboxylic acids is 4. The molecule has 36 heavy (non-hydrogen) atoms. The van der Waals surface area contributed by atoms with Crippen molar-refractivity contribution in [3.63, 3.8) is 0 Å². The molecule has 0 aliphatic carbocycles. The van der Waals surface area contributed by atoms with E-state index in [1.54, 1.807) is 27.7 Å². The summed E-state index contributed by atoms with van der Waals surface area (Å²) >= 11 is 0. The molecule has 2 atom stereocenters. The van der Waals surface area contributed by atoms with Crippen LogP contribution in [0.2, 0.25) is 0 Å². The van der Waals surface area contributed by atoms with E-state index in [4.69, 9.17) is 9.47 Å². The second-order valence-corrected chi connectivity index (χ2v) is 8.85. The smallest absolute Gasteiger partial charge is 0.331 e. The number of rotatable bonds is 12. The molecule has 2 aromatic carbocycles. The Morgan fingerprint density at radius 3 is 1.28 bits per heavy atom. The predicted octanol–water partition coefficient (Wildman–Crippen LogP) is 3.66. The Hall–Kier alpha value is -3.94. The highest BCUT2D eigenvalue weighted by atomic mass is 16.5. The average Bonchev–Trinajstić information content (AvgIpc) is 2.88. The third-order valence-corrected chi connectivity index (χ3v) is 5.23. The van der Waals surface area contributed by atoms with Gasteiger partial charge in [-0.3, -0.25) is 9.59 Å². The molecule has 192 valence electrons. The van der Waals surface area contributed by atoms with Gasteiger partial charge >= 0.3 is 11.9 Å². The summed E-state index contributed by atoms with van der Waals surface area (Å²) in [5.41, 5.74) is 1.58. The molecular weight excluding hydrogens is 460 g/mol. The first-order valence-electron chi connectivity index (χ1n) is 11.9. The van der Waals surface area contributed by atoms with Gasteiger partial charge in [-0.05, 0) is 11.1 Å². The number of carbonyl (C=O) groups is 4. The van der Waals surface area contributed by atoms with Gasteiger partial charge in [0.05, 0.1) is 12.1 Å². The fraction of sp³-hybridized carbons (Fsp3) is 0.357. The van der Waals surface area contributed by atoms with Crippen molar-refractivity contribution in [1.82, 2.24) is 10.6 Å². The molecule has 0 spiro atoms. The van der Waals surface area contributed by atoms with Crippen molar-refractivity contribution >= 4 is 23.8 Å². The molecule has 8 nitrogen and oxygen atoms in total. The first-order valence-corrected chi connectivity index (χ1v) is 11.9. The van der Waals surface area contributed by atoms with Crippen molar-refractivity contribution in [1.29, 1.82) is 0 Å².